The molecule has 0 saturated carbocycles. The normalized spacial score (nSPS) is 11.6. The number of anilines is 1. The summed E-state index contributed by atoms with van der Waals surface area (Å²) >= 11 is 2.53. The number of esters is 1. The van der Waals surface area contributed by atoms with Crippen molar-refractivity contribution < 1.29 is 19.1 Å². The van der Waals surface area contributed by atoms with Gasteiger partial charge in [0, 0.05) is 17.5 Å². The minimum atomic E-state index is -0.508. The van der Waals surface area contributed by atoms with E-state index in [2.05, 4.69) is 28.2 Å². The predicted molar refractivity (Wildman–Crippen MR) is 156 cm³/mol. The molecular weight excluding hydrogens is 532 g/mol. The van der Waals surface area contributed by atoms with Crippen LogP contribution in [-0.2, 0) is 16.1 Å². The molecule has 0 aliphatic heterocycles. The molecule has 2 aromatic heterocycles. The van der Waals surface area contributed by atoms with E-state index >= 15 is 0 Å². The Balaban J connectivity index is 1.47. The number of hydrogen-bond acceptors (Lipinski definition) is 8. The summed E-state index contributed by atoms with van der Waals surface area (Å²) in [7, 11) is 1.32. The van der Waals surface area contributed by atoms with Crippen LogP contribution in [0.4, 0.5) is 5.00 Å². The number of hydrogen-bond donors (Lipinski definition) is 1. The molecule has 1 amide bonds. The molecule has 1 N–H and O–H groups in total. The summed E-state index contributed by atoms with van der Waals surface area (Å²) in [6.07, 6.45) is 1.38. The fourth-order valence-electron chi connectivity index (χ4n) is 4.14. The van der Waals surface area contributed by atoms with E-state index in [1.165, 1.54) is 30.2 Å². The molecule has 8 nitrogen and oxygen atoms in total. The Bertz CT molecular complexity index is 1460. The standard InChI is InChI=1S/C29H30N4O4S2/c1-6-12-33-26(20(4)37-22-14-18(2)13-19(3)15-22)31-32-29(33)39-17-24(34)30-27-25(28(35)36-5)23(16-38-27)21-10-8-7-9-11-21/h6-11,13-16,20H,1,12,17H2,2-5H3,(H,30,34). The first-order valence-corrected chi connectivity index (χ1v) is 14.1. The van der Waals surface area contributed by atoms with Crippen molar-refractivity contribution in [3.63, 3.8) is 0 Å². The zero-order valence-corrected chi connectivity index (χ0v) is 23.9. The first-order valence-electron chi connectivity index (χ1n) is 12.3. The molecule has 1 atom stereocenters. The van der Waals surface area contributed by atoms with Crippen molar-refractivity contribution in [2.24, 2.45) is 0 Å². The van der Waals surface area contributed by atoms with Crippen molar-refractivity contribution in [2.45, 2.75) is 38.6 Å². The second-order valence-corrected chi connectivity index (χ2v) is 10.7. The summed E-state index contributed by atoms with van der Waals surface area (Å²) in [5.74, 6) is 0.678. The molecule has 1 unspecified atom stereocenters. The van der Waals surface area contributed by atoms with Gasteiger partial charge in [-0.15, -0.1) is 28.1 Å². The Labute approximate surface area is 236 Å². The van der Waals surface area contributed by atoms with E-state index in [9.17, 15) is 9.59 Å². The molecule has 0 bridgehead atoms. The number of benzene rings is 2. The number of methoxy groups -OCH3 is 1. The third kappa shape index (κ3) is 6.76. The first-order chi connectivity index (χ1) is 18.8. The molecule has 0 saturated heterocycles. The summed E-state index contributed by atoms with van der Waals surface area (Å²) < 4.78 is 13.0. The second kappa shape index (κ2) is 12.8. The van der Waals surface area contributed by atoms with Crippen LogP contribution in [0.3, 0.4) is 0 Å². The first kappa shape index (κ1) is 28.1. The summed E-state index contributed by atoms with van der Waals surface area (Å²) in [5.41, 5.74) is 4.14. The fourth-order valence-corrected chi connectivity index (χ4v) is 5.87. The van der Waals surface area contributed by atoms with Gasteiger partial charge in [-0.2, -0.15) is 0 Å². The van der Waals surface area contributed by atoms with Crippen molar-refractivity contribution in [2.75, 3.05) is 18.2 Å². The summed E-state index contributed by atoms with van der Waals surface area (Å²) in [4.78, 5) is 25.5. The average Bonchev–Trinajstić information content (AvgIpc) is 3.51. The van der Waals surface area contributed by atoms with Crippen molar-refractivity contribution in [3.8, 4) is 16.9 Å². The van der Waals surface area contributed by atoms with Gasteiger partial charge in [-0.05, 0) is 49.6 Å². The molecule has 0 aliphatic carbocycles. The summed E-state index contributed by atoms with van der Waals surface area (Å²) in [6.45, 7) is 10.3. The van der Waals surface area contributed by atoms with Gasteiger partial charge in [-0.1, -0.05) is 54.2 Å². The van der Waals surface area contributed by atoms with Crippen LogP contribution >= 0.6 is 23.1 Å². The van der Waals surface area contributed by atoms with Crippen LogP contribution in [0.5, 0.6) is 5.75 Å². The van der Waals surface area contributed by atoms with Crippen molar-refractivity contribution in [1.29, 1.82) is 0 Å². The van der Waals surface area contributed by atoms with Crippen LogP contribution in [0.15, 0.2) is 71.7 Å². The number of carbonyl (C=O) groups excluding carboxylic acids is 2. The molecule has 4 aromatic rings. The third-order valence-corrected chi connectivity index (χ3v) is 7.64. The SMILES string of the molecule is C=CCn1c(SCC(=O)Nc2scc(-c3ccccc3)c2C(=O)OC)nnc1C(C)Oc1cc(C)cc(C)c1. The van der Waals surface area contributed by atoms with Crippen molar-refractivity contribution in [3.05, 3.63) is 89.1 Å². The number of aryl methyl sites for hydroxylation is 2. The maximum absolute atomic E-state index is 12.9. The van der Waals surface area contributed by atoms with Crippen LogP contribution in [-0.4, -0.2) is 39.5 Å². The lowest BCUT2D eigenvalue weighted by molar-refractivity contribution is -0.113. The third-order valence-electron chi connectivity index (χ3n) is 5.78. The molecule has 10 heteroatoms. The van der Waals surface area contributed by atoms with E-state index in [1.807, 2.05) is 73.2 Å². The van der Waals surface area contributed by atoms with Gasteiger partial charge in [-0.3, -0.25) is 9.36 Å². The topological polar surface area (TPSA) is 95.3 Å². The van der Waals surface area contributed by atoms with Crippen molar-refractivity contribution >= 4 is 40.0 Å². The van der Waals surface area contributed by atoms with Crippen molar-refractivity contribution in [1.82, 2.24) is 14.8 Å². The number of nitrogens with zero attached hydrogens (tertiary/aromatic N) is 3. The Kier molecular flexibility index (Phi) is 9.21. The number of nitrogens with one attached hydrogen (secondary N) is 1. The Morgan fingerprint density at radius 2 is 1.87 bits per heavy atom. The maximum Gasteiger partial charge on any atom is 0.341 e. The van der Waals surface area contributed by atoms with Gasteiger partial charge >= 0.3 is 5.97 Å². The van der Waals surface area contributed by atoms with E-state index in [1.54, 1.807) is 6.08 Å². The number of carbonyl (C=O) groups is 2. The van der Waals surface area contributed by atoms with E-state index in [-0.39, 0.29) is 17.8 Å². The quantitative estimate of drug-likeness (QED) is 0.127. The molecule has 4 rings (SSSR count). The van der Waals surface area contributed by atoms with Crippen LogP contribution in [0, 0.1) is 13.8 Å². The minimum absolute atomic E-state index is 0.0702. The smallest absolute Gasteiger partial charge is 0.341 e. The van der Waals surface area contributed by atoms with Gasteiger partial charge in [0.15, 0.2) is 17.1 Å². The highest BCUT2D eigenvalue weighted by molar-refractivity contribution is 7.99. The zero-order valence-electron chi connectivity index (χ0n) is 22.3. The molecule has 0 fully saturated rings. The molecule has 0 spiro atoms. The van der Waals surface area contributed by atoms with Crippen LogP contribution in [0.1, 0.15) is 40.3 Å². The number of thioether (sulfide) groups is 1. The molecular formula is C29H30N4O4S2. The lowest BCUT2D eigenvalue weighted by Gasteiger charge is -2.16. The lowest BCUT2D eigenvalue weighted by atomic mass is 10.0. The summed E-state index contributed by atoms with van der Waals surface area (Å²) in [5, 5.41) is 14.4. The highest BCUT2D eigenvalue weighted by Gasteiger charge is 2.23. The number of ether oxygens (including phenoxy) is 2. The van der Waals surface area contributed by atoms with Crippen LogP contribution < -0.4 is 10.1 Å². The van der Waals surface area contributed by atoms with Crippen LogP contribution in [0.2, 0.25) is 0 Å². The molecule has 0 radical (unpaired) electrons. The molecule has 2 aromatic carbocycles. The zero-order chi connectivity index (χ0) is 27.9. The number of thiophene rings is 1. The largest absolute Gasteiger partial charge is 0.483 e. The number of aromatic nitrogens is 3. The second-order valence-electron chi connectivity index (χ2n) is 8.87. The maximum atomic E-state index is 12.9. The highest BCUT2D eigenvalue weighted by Crippen LogP contribution is 2.36. The predicted octanol–water partition coefficient (Wildman–Crippen LogP) is 6.47. The van der Waals surface area contributed by atoms with Gasteiger partial charge in [0.25, 0.3) is 0 Å². The summed E-state index contributed by atoms with van der Waals surface area (Å²) in [6, 6.07) is 15.6. The van der Waals surface area contributed by atoms with Gasteiger partial charge in [0.2, 0.25) is 5.91 Å². The van der Waals surface area contributed by atoms with E-state index in [4.69, 9.17) is 9.47 Å². The lowest BCUT2D eigenvalue weighted by Crippen LogP contribution is -2.17. The van der Waals surface area contributed by atoms with Gasteiger partial charge in [0.1, 0.15) is 16.3 Å². The Morgan fingerprint density at radius 1 is 1.15 bits per heavy atom. The average molecular weight is 563 g/mol. The molecule has 0 aliphatic rings. The number of rotatable bonds is 11. The van der Waals surface area contributed by atoms with E-state index in [0.29, 0.717) is 33.7 Å². The van der Waals surface area contributed by atoms with Gasteiger partial charge < -0.3 is 14.8 Å². The van der Waals surface area contributed by atoms with Crippen LogP contribution in [0.25, 0.3) is 11.1 Å². The van der Waals surface area contributed by atoms with Gasteiger partial charge in [0.05, 0.1) is 12.9 Å². The van der Waals surface area contributed by atoms with Gasteiger partial charge in [-0.25, -0.2) is 4.79 Å². The molecule has 2 heterocycles. The number of allylic oxidation sites excluding steroid dienone is 1. The monoisotopic (exact) mass is 562 g/mol. The molecule has 39 heavy (non-hydrogen) atoms. The van der Waals surface area contributed by atoms with E-state index in [0.717, 1.165) is 22.4 Å². The highest BCUT2D eigenvalue weighted by atomic mass is 32.2. The Morgan fingerprint density at radius 3 is 2.54 bits per heavy atom. The molecule has 202 valence electrons. The van der Waals surface area contributed by atoms with E-state index < -0.39 is 5.97 Å². The fraction of sp³-hybridized carbons (Fsp3) is 0.241. The number of amides is 1. The Hall–Kier alpha value is -3.89. The minimum Gasteiger partial charge on any atom is -0.483 e.